The van der Waals surface area contributed by atoms with E-state index >= 15 is 0 Å². The van der Waals surface area contributed by atoms with Gasteiger partial charge in [0.05, 0.1) is 13.7 Å². The van der Waals surface area contributed by atoms with Crippen LogP contribution in [0.2, 0.25) is 0 Å². The number of nitrogens with one attached hydrogen (secondary N) is 1. The van der Waals surface area contributed by atoms with E-state index in [4.69, 9.17) is 9.47 Å². The minimum Gasteiger partial charge on any atom is -0.497 e. The Labute approximate surface area is 127 Å². The molecule has 1 N–H and O–H groups in total. The molecule has 110 valence electrons. The molecular weight excluding hydrogens is 286 g/mol. The number of carbonyl (C=O) groups excluding carboxylic acids is 1. The normalized spacial score (nSPS) is 16.7. The molecule has 0 saturated heterocycles. The molecule has 1 atom stereocenters. The van der Waals surface area contributed by atoms with E-state index < -0.39 is 0 Å². The van der Waals surface area contributed by atoms with Gasteiger partial charge >= 0.3 is 0 Å². The molecule has 3 rings (SSSR count). The van der Waals surface area contributed by atoms with E-state index in [-0.39, 0.29) is 5.91 Å². The van der Waals surface area contributed by atoms with Crippen molar-refractivity contribution in [3.63, 3.8) is 0 Å². The minimum atomic E-state index is -0.0169. The topological polar surface area (TPSA) is 47.6 Å². The second-order valence-corrected chi connectivity index (χ2v) is 5.86. The number of hydrogen-bond donors (Lipinski definition) is 1. The number of fused-ring (bicyclic) bond motifs is 1. The van der Waals surface area contributed by atoms with Crippen molar-refractivity contribution < 1.29 is 14.3 Å². The molecular formula is C16H17NO3S. The summed E-state index contributed by atoms with van der Waals surface area (Å²) in [6, 6.07) is 7.71. The lowest BCUT2D eigenvalue weighted by Gasteiger charge is -2.25. The molecule has 0 aliphatic carbocycles. The van der Waals surface area contributed by atoms with Gasteiger partial charge < -0.3 is 14.8 Å². The lowest BCUT2D eigenvalue weighted by Crippen LogP contribution is -2.34. The lowest BCUT2D eigenvalue weighted by atomic mass is 9.96. The van der Waals surface area contributed by atoms with Crippen LogP contribution in [0, 0.1) is 5.92 Å². The van der Waals surface area contributed by atoms with Crippen LogP contribution in [0.25, 0.3) is 0 Å². The maximum atomic E-state index is 11.9. The summed E-state index contributed by atoms with van der Waals surface area (Å²) in [4.78, 5) is 11.9. The zero-order chi connectivity index (χ0) is 14.7. The van der Waals surface area contributed by atoms with Gasteiger partial charge in [0.25, 0.3) is 5.91 Å². The van der Waals surface area contributed by atoms with E-state index in [1.807, 2.05) is 35.0 Å². The molecule has 2 heterocycles. The number of carbonyl (C=O) groups is 1. The first-order valence-corrected chi connectivity index (χ1v) is 7.80. The molecule has 0 saturated carbocycles. The average Bonchev–Trinajstić information content (AvgIpc) is 3.06. The third-order valence-electron chi connectivity index (χ3n) is 3.59. The molecule has 1 aromatic carbocycles. The highest BCUT2D eigenvalue weighted by molar-refractivity contribution is 7.08. The van der Waals surface area contributed by atoms with Gasteiger partial charge in [0.2, 0.25) is 0 Å². The summed E-state index contributed by atoms with van der Waals surface area (Å²) in [6.07, 6.45) is 0.906. The highest BCUT2D eigenvalue weighted by Crippen LogP contribution is 2.30. The maximum Gasteiger partial charge on any atom is 0.252 e. The van der Waals surface area contributed by atoms with Crippen LogP contribution in [-0.2, 0) is 6.42 Å². The van der Waals surface area contributed by atoms with E-state index in [0.717, 1.165) is 29.0 Å². The maximum absolute atomic E-state index is 11.9. The molecule has 0 spiro atoms. The fraction of sp³-hybridized carbons (Fsp3) is 0.312. The highest BCUT2D eigenvalue weighted by atomic mass is 32.1. The van der Waals surface area contributed by atoms with E-state index in [1.54, 1.807) is 7.11 Å². The third kappa shape index (κ3) is 3.19. The van der Waals surface area contributed by atoms with Crippen molar-refractivity contribution in [1.29, 1.82) is 0 Å². The summed E-state index contributed by atoms with van der Waals surface area (Å²) >= 11 is 1.53. The fourth-order valence-electron chi connectivity index (χ4n) is 2.41. The van der Waals surface area contributed by atoms with E-state index in [0.29, 0.717) is 19.1 Å². The largest absolute Gasteiger partial charge is 0.497 e. The van der Waals surface area contributed by atoms with Crippen molar-refractivity contribution in [2.75, 3.05) is 20.3 Å². The third-order valence-corrected chi connectivity index (χ3v) is 4.28. The predicted octanol–water partition coefficient (Wildman–Crippen LogP) is 2.74. The zero-order valence-electron chi connectivity index (χ0n) is 11.8. The molecule has 0 unspecified atom stereocenters. The fourth-order valence-corrected chi connectivity index (χ4v) is 3.04. The van der Waals surface area contributed by atoms with Crippen molar-refractivity contribution in [1.82, 2.24) is 5.32 Å². The molecule has 0 fully saturated rings. The van der Waals surface area contributed by atoms with Gasteiger partial charge in [-0.25, -0.2) is 0 Å². The SMILES string of the molecule is COc1ccc2c(c1)OC[C@@H](CNC(=O)c1ccsc1)C2. The Bertz CT molecular complexity index is 624. The van der Waals surface area contributed by atoms with Crippen LogP contribution in [0.4, 0.5) is 0 Å². The molecule has 2 aromatic rings. The molecule has 21 heavy (non-hydrogen) atoms. The minimum absolute atomic E-state index is 0.0169. The summed E-state index contributed by atoms with van der Waals surface area (Å²) in [6.45, 7) is 1.24. The van der Waals surface area contributed by atoms with Crippen molar-refractivity contribution in [2.24, 2.45) is 5.92 Å². The summed E-state index contributed by atoms with van der Waals surface area (Å²) in [5, 5.41) is 6.73. The summed E-state index contributed by atoms with van der Waals surface area (Å²) < 4.78 is 11.0. The van der Waals surface area contributed by atoms with Crippen LogP contribution in [0.5, 0.6) is 11.5 Å². The molecule has 1 aliphatic rings. The summed E-state index contributed by atoms with van der Waals surface area (Å²) in [5.41, 5.74) is 1.89. The number of hydrogen-bond acceptors (Lipinski definition) is 4. The lowest BCUT2D eigenvalue weighted by molar-refractivity contribution is 0.0939. The Morgan fingerprint density at radius 2 is 2.38 bits per heavy atom. The van der Waals surface area contributed by atoms with Crippen molar-refractivity contribution >= 4 is 17.2 Å². The Morgan fingerprint density at radius 3 is 3.14 bits per heavy atom. The molecule has 1 aliphatic heterocycles. The molecule has 4 nitrogen and oxygen atoms in total. The quantitative estimate of drug-likeness (QED) is 0.945. The molecule has 1 amide bonds. The van der Waals surface area contributed by atoms with Gasteiger partial charge in [-0.15, -0.1) is 0 Å². The van der Waals surface area contributed by atoms with Gasteiger partial charge in [0.15, 0.2) is 0 Å². The Morgan fingerprint density at radius 1 is 1.48 bits per heavy atom. The Kier molecular flexibility index (Phi) is 4.10. The van der Waals surface area contributed by atoms with E-state index in [9.17, 15) is 4.79 Å². The smallest absolute Gasteiger partial charge is 0.252 e. The number of thiophene rings is 1. The number of ether oxygens (including phenoxy) is 2. The van der Waals surface area contributed by atoms with Crippen molar-refractivity contribution in [3.05, 3.63) is 46.2 Å². The van der Waals surface area contributed by atoms with Gasteiger partial charge in [-0.3, -0.25) is 4.79 Å². The first-order chi connectivity index (χ1) is 10.3. The van der Waals surface area contributed by atoms with Crippen molar-refractivity contribution in [2.45, 2.75) is 6.42 Å². The summed E-state index contributed by atoms with van der Waals surface area (Å²) in [5.74, 6) is 1.97. The molecule has 0 radical (unpaired) electrons. The molecule has 0 bridgehead atoms. The van der Waals surface area contributed by atoms with E-state index in [2.05, 4.69) is 5.32 Å². The number of benzene rings is 1. The van der Waals surface area contributed by atoms with Crippen LogP contribution >= 0.6 is 11.3 Å². The van der Waals surface area contributed by atoms with Gasteiger partial charge in [0.1, 0.15) is 11.5 Å². The number of amides is 1. The van der Waals surface area contributed by atoms with Crippen LogP contribution in [0.1, 0.15) is 15.9 Å². The highest BCUT2D eigenvalue weighted by Gasteiger charge is 2.21. The average molecular weight is 303 g/mol. The predicted molar refractivity (Wildman–Crippen MR) is 82.3 cm³/mol. The first-order valence-electron chi connectivity index (χ1n) is 6.86. The van der Waals surface area contributed by atoms with Crippen molar-refractivity contribution in [3.8, 4) is 11.5 Å². The molecule has 1 aromatic heterocycles. The van der Waals surface area contributed by atoms with Crippen LogP contribution in [0.15, 0.2) is 35.0 Å². The van der Waals surface area contributed by atoms with E-state index in [1.165, 1.54) is 11.3 Å². The number of methoxy groups -OCH3 is 1. The second-order valence-electron chi connectivity index (χ2n) is 5.08. The van der Waals surface area contributed by atoms with Crippen LogP contribution in [0.3, 0.4) is 0 Å². The van der Waals surface area contributed by atoms with Crippen LogP contribution < -0.4 is 14.8 Å². The molecule has 5 heteroatoms. The van der Waals surface area contributed by atoms with Crippen LogP contribution in [-0.4, -0.2) is 26.2 Å². The first kappa shape index (κ1) is 13.9. The standard InChI is InChI=1S/C16H17NO3S/c1-19-14-3-2-12-6-11(9-20-15(12)7-14)8-17-16(18)13-4-5-21-10-13/h2-5,7,10-11H,6,8-9H2,1H3,(H,17,18)/t11-/m1/s1. The Hall–Kier alpha value is -2.01. The van der Waals surface area contributed by atoms with Gasteiger partial charge in [-0.2, -0.15) is 11.3 Å². The van der Waals surface area contributed by atoms with Gasteiger partial charge in [-0.05, 0) is 29.5 Å². The summed E-state index contributed by atoms with van der Waals surface area (Å²) in [7, 11) is 1.65. The Balaban J connectivity index is 1.58. The van der Waals surface area contributed by atoms with Gasteiger partial charge in [-0.1, -0.05) is 6.07 Å². The number of rotatable bonds is 4. The van der Waals surface area contributed by atoms with Gasteiger partial charge in [0, 0.05) is 29.5 Å². The zero-order valence-corrected chi connectivity index (χ0v) is 12.6. The monoisotopic (exact) mass is 303 g/mol. The second kappa shape index (κ2) is 6.18.